The number of carbonyl (C=O) groups excluding carboxylic acids is 1. The van der Waals surface area contributed by atoms with Crippen molar-refractivity contribution >= 4 is 5.91 Å². The summed E-state index contributed by atoms with van der Waals surface area (Å²) in [4.78, 5) is 14.6. The highest BCUT2D eigenvalue weighted by Gasteiger charge is 2.22. The lowest BCUT2D eigenvalue weighted by atomic mass is 9.97. The van der Waals surface area contributed by atoms with E-state index in [-0.39, 0.29) is 5.91 Å². The predicted octanol–water partition coefficient (Wildman–Crippen LogP) is 1.94. The quantitative estimate of drug-likeness (QED) is 0.912. The molecule has 0 spiro atoms. The van der Waals surface area contributed by atoms with Gasteiger partial charge in [0.15, 0.2) is 0 Å². The molecule has 1 atom stereocenters. The van der Waals surface area contributed by atoms with E-state index in [0.29, 0.717) is 19.0 Å². The molecule has 2 aromatic rings. The first kappa shape index (κ1) is 17.1. The highest BCUT2D eigenvalue weighted by atomic mass is 16.5. The van der Waals surface area contributed by atoms with E-state index in [9.17, 15) is 4.79 Å². The molecule has 1 amide bonds. The zero-order valence-corrected chi connectivity index (χ0v) is 15.3. The molecule has 1 fully saturated rings. The van der Waals surface area contributed by atoms with Crippen LogP contribution in [0.4, 0.5) is 0 Å². The van der Waals surface area contributed by atoms with E-state index in [0.717, 1.165) is 37.5 Å². The second-order valence-corrected chi connectivity index (χ2v) is 7.18. The number of amides is 1. The molecule has 4 rings (SSSR count). The van der Waals surface area contributed by atoms with Crippen LogP contribution < -0.4 is 10.1 Å². The highest BCUT2D eigenvalue weighted by Crippen LogP contribution is 2.24. The number of aromatic nitrogens is 2. The van der Waals surface area contributed by atoms with Gasteiger partial charge >= 0.3 is 0 Å². The maximum Gasteiger partial charge on any atom is 0.244 e. The van der Waals surface area contributed by atoms with Crippen molar-refractivity contribution in [2.75, 3.05) is 26.7 Å². The third kappa shape index (κ3) is 3.60. The fourth-order valence-electron chi connectivity index (χ4n) is 3.90. The maximum atomic E-state index is 12.7. The van der Waals surface area contributed by atoms with Gasteiger partial charge in [0.2, 0.25) is 5.91 Å². The molecule has 0 radical (unpaired) electrons. The molecule has 138 valence electrons. The molecule has 2 aliphatic rings. The Balaban J connectivity index is 1.38. The van der Waals surface area contributed by atoms with Gasteiger partial charge < -0.3 is 15.0 Å². The van der Waals surface area contributed by atoms with Crippen molar-refractivity contribution in [2.24, 2.45) is 0 Å². The monoisotopic (exact) mass is 354 g/mol. The largest absolute Gasteiger partial charge is 0.497 e. The van der Waals surface area contributed by atoms with Crippen LogP contribution in [-0.4, -0.2) is 47.3 Å². The third-order valence-corrected chi connectivity index (χ3v) is 5.45. The van der Waals surface area contributed by atoms with E-state index >= 15 is 0 Å². The topological polar surface area (TPSA) is 59.4 Å². The van der Waals surface area contributed by atoms with Crippen LogP contribution in [0.5, 0.6) is 5.75 Å². The summed E-state index contributed by atoms with van der Waals surface area (Å²) >= 11 is 0. The Morgan fingerprint density at radius 1 is 1.35 bits per heavy atom. The number of fused-ring (bicyclic) bond motifs is 1. The van der Waals surface area contributed by atoms with Crippen LogP contribution in [0.3, 0.4) is 0 Å². The first-order chi connectivity index (χ1) is 12.7. The molecule has 1 aromatic heterocycles. The Morgan fingerprint density at radius 2 is 2.27 bits per heavy atom. The summed E-state index contributed by atoms with van der Waals surface area (Å²) in [6, 6.07) is 8.17. The molecule has 2 aliphatic heterocycles. The highest BCUT2D eigenvalue weighted by molar-refractivity contribution is 5.76. The smallest absolute Gasteiger partial charge is 0.244 e. The average Bonchev–Trinajstić information content (AvgIpc) is 3.16. The number of nitrogens with zero attached hydrogens (tertiary/aromatic N) is 3. The number of methoxy groups -OCH3 is 1. The van der Waals surface area contributed by atoms with E-state index in [1.165, 1.54) is 24.0 Å². The van der Waals surface area contributed by atoms with Crippen molar-refractivity contribution in [1.82, 2.24) is 20.0 Å². The zero-order chi connectivity index (χ0) is 17.9. The van der Waals surface area contributed by atoms with Crippen LogP contribution in [0.25, 0.3) is 0 Å². The Kier molecular flexibility index (Phi) is 4.93. The van der Waals surface area contributed by atoms with Crippen molar-refractivity contribution in [3.63, 3.8) is 0 Å². The Hall–Kier alpha value is -2.34. The lowest BCUT2D eigenvalue weighted by Gasteiger charge is -2.29. The summed E-state index contributed by atoms with van der Waals surface area (Å²) in [6.45, 7) is 3.81. The summed E-state index contributed by atoms with van der Waals surface area (Å²) in [5.74, 6) is 1.48. The number of nitrogens with one attached hydrogen (secondary N) is 1. The number of carbonyl (C=O) groups is 1. The average molecular weight is 354 g/mol. The minimum absolute atomic E-state index is 0.128. The van der Waals surface area contributed by atoms with Crippen LogP contribution in [0, 0.1) is 0 Å². The molecule has 3 heterocycles. The van der Waals surface area contributed by atoms with Gasteiger partial charge in [-0.3, -0.25) is 9.48 Å². The lowest BCUT2D eigenvalue weighted by molar-refractivity contribution is -0.133. The predicted molar refractivity (Wildman–Crippen MR) is 99.2 cm³/mol. The minimum atomic E-state index is 0.128. The molecule has 1 saturated heterocycles. The van der Waals surface area contributed by atoms with Gasteiger partial charge in [-0.2, -0.15) is 5.10 Å². The maximum absolute atomic E-state index is 12.7. The van der Waals surface area contributed by atoms with Crippen LogP contribution >= 0.6 is 0 Å². The fourth-order valence-corrected chi connectivity index (χ4v) is 3.90. The number of benzene rings is 1. The number of rotatable bonds is 4. The van der Waals surface area contributed by atoms with Crippen molar-refractivity contribution in [3.05, 3.63) is 47.3 Å². The molecule has 0 unspecified atom stereocenters. The first-order valence-corrected chi connectivity index (χ1v) is 9.40. The summed E-state index contributed by atoms with van der Waals surface area (Å²) in [6.07, 6.45) is 5.17. The van der Waals surface area contributed by atoms with E-state index in [1.807, 2.05) is 17.2 Å². The van der Waals surface area contributed by atoms with Crippen LogP contribution in [-0.2, 0) is 24.3 Å². The lowest BCUT2D eigenvalue weighted by Crippen LogP contribution is -2.38. The fraction of sp³-hybridized carbons (Fsp3) is 0.500. The third-order valence-electron chi connectivity index (χ3n) is 5.45. The SMILES string of the molecule is COc1ccc2c(c1)CCN(C(=O)Cn1ccc([C@@H]3CCCNC3)n1)C2. The standard InChI is InChI=1S/C20H26N4O2/c1-26-18-5-4-17-13-23(9-6-15(17)11-18)20(25)14-24-10-7-19(22-24)16-3-2-8-21-12-16/h4-5,7,10-11,16,21H,2-3,6,8-9,12-14H2,1H3/t16-/m1/s1. The van der Waals surface area contributed by atoms with Crippen molar-refractivity contribution in [3.8, 4) is 5.75 Å². The van der Waals surface area contributed by atoms with E-state index in [1.54, 1.807) is 11.8 Å². The second-order valence-electron chi connectivity index (χ2n) is 7.18. The van der Waals surface area contributed by atoms with Gasteiger partial charge in [-0.15, -0.1) is 0 Å². The summed E-state index contributed by atoms with van der Waals surface area (Å²) < 4.78 is 7.08. The van der Waals surface area contributed by atoms with Crippen LogP contribution in [0.1, 0.15) is 35.6 Å². The summed E-state index contributed by atoms with van der Waals surface area (Å²) in [7, 11) is 1.68. The van der Waals surface area contributed by atoms with Gasteiger partial charge in [0.25, 0.3) is 0 Å². The van der Waals surface area contributed by atoms with Gasteiger partial charge in [-0.05, 0) is 55.1 Å². The van der Waals surface area contributed by atoms with Crippen LogP contribution in [0.2, 0.25) is 0 Å². The van der Waals surface area contributed by atoms with Crippen molar-refractivity contribution in [1.29, 1.82) is 0 Å². The van der Waals surface area contributed by atoms with Gasteiger partial charge in [-0.25, -0.2) is 0 Å². The van der Waals surface area contributed by atoms with Gasteiger partial charge in [0.1, 0.15) is 12.3 Å². The molecular formula is C20H26N4O2. The normalized spacial score (nSPS) is 19.9. The molecule has 26 heavy (non-hydrogen) atoms. The Labute approximate surface area is 154 Å². The van der Waals surface area contributed by atoms with Crippen LogP contribution in [0.15, 0.2) is 30.5 Å². The molecule has 6 nitrogen and oxygen atoms in total. The first-order valence-electron chi connectivity index (χ1n) is 9.40. The minimum Gasteiger partial charge on any atom is -0.497 e. The second kappa shape index (κ2) is 7.50. The molecule has 1 aromatic carbocycles. The number of hydrogen-bond acceptors (Lipinski definition) is 4. The molecule has 0 bridgehead atoms. The van der Waals surface area contributed by atoms with E-state index < -0.39 is 0 Å². The number of hydrogen-bond donors (Lipinski definition) is 1. The van der Waals surface area contributed by atoms with Gasteiger partial charge in [-0.1, -0.05) is 6.07 Å². The molecule has 0 saturated carbocycles. The summed E-state index contributed by atoms with van der Waals surface area (Å²) in [5.41, 5.74) is 3.58. The molecular weight excluding hydrogens is 328 g/mol. The number of ether oxygens (including phenoxy) is 1. The van der Waals surface area contributed by atoms with E-state index in [4.69, 9.17) is 4.74 Å². The molecule has 6 heteroatoms. The van der Waals surface area contributed by atoms with E-state index in [2.05, 4.69) is 28.6 Å². The van der Waals surface area contributed by atoms with Crippen molar-refractivity contribution in [2.45, 2.75) is 38.3 Å². The molecule has 1 N–H and O–H groups in total. The summed E-state index contributed by atoms with van der Waals surface area (Å²) in [5, 5.41) is 8.07. The van der Waals surface area contributed by atoms with Crippen molar-refractivity contribution < 1.29 is 9.53 Å². The zero-order valence-electron chi connectivity index (χ0n) is 15.3. The number of piperidine rings is 1. The van der Waals surface area contributed by atoms with Gasteiger partial charge in [0.05, 0.1) is 12.8 Å². The Morgan fingerprint density at radius 3 is 3.08 bits per heavy atom. The Bertz CT molecular complexity index is 780. The molecule has 0 aliphatic carbocycles. The van der Waals surface area contributed by atoms with Gasteiger partial charge in [0, 0.05) is 31.7 Å².